The highest BCUT2D eigenvalue weighted by atomic mass is 79.9. The van der Waals surface area contributed by atoms with E-state index in [1.807, 2.05) is 18.2 Å². The van der Waals surface area contributed by atoms with Crippen molar-refractivity contribution >= 4 is 26.7 Å². The highest BCUT2D eigenvalue weighted by molar-refractivity contribution is 9.10. The van der Waals surface area contributed by atoms with Gasteiger partial charge in [0.1, 0.15) is 11.9 Å². The van der Waals surface area contributed by atoms with Crippen LogP contribution in [0.15, 0.2) is 33.7 Å². The van der Waals surface area contributed by atoms with Gasteiger partial charge in [0.25, 0.3) is 5.56 Å². The van der Waals surface area contributed by atoms with E-state index in [0.717, 1.165) is 41.5 Å². The minimum atomic E-state index is -0.0796. The molecule has 1 aliphatic heterocycles. The molecule has 0 amide bonds. The van der Waals surface area contributed by atoms with Gasteiger partial charge in [0.05, 0.1) is 0 Å². The molecule has 5 heteroatoms. The monoisotopic (exact) mass is 322 g/mol. The Kier molecular flexibility index (Phi) is 3.57. The smallest absolute Gasteiger partial charge is 0.255 e. The second kappa shape index (κ2) is 5.35. The number of aromatic amines is 1. The number of aromatic nitrogens is 1. The average molecular weight is 323 g/mol. The van der Waals surface area contributed by atoms with Crippen LogP contribution in [0.1, 0.15) is 12.8 Å². The number of H-pyrrole nitrogens is 1. The van der Waals surface area contributed by atoms with Crippen LogP contribution in [0.25, 0.3) is 10.8 Å². The number of hydrogen-bond donors (Lipinski definition) is 2. The fourth-order valence-corrected chi connectivity index (χ4v) is 2.83. The Morgan fingerprint density at radius 2 is 2.21 bits per heavy atom. The summed E-state index contributed by atoms with van der Waals surface area (Å²) in [6.07, 6.45) is 4.09. The van der Waals surface area contributed by atoms with E-state index in [-0.39, 0.29) is 11.7 Å². The van der Waals surface area contributed by atoms with Crippen LogP contribution in [-0.2, 0) is 0 Å². The summed E-state index contributed by atoms with van der Waals surface area (Å²) < 4.78 is 6.83. The Bertz CT molecular complexity index is 647. The van der Waals surface area contributed by atoms with E-state index in [4.69, 9.17) is 4.74 Å². The average Bonchev–Trinajstić information content (AvgIpc) is 2.44. The molecule has 0 bridgehead atoms. The fraction of sp³-hybridized carbons (Fsp3) is 0.357. The Morgan fingerprint density at radius 3 is 3.00 bits per heavy atom. The SMILES string of the molecule is O=c1[nH]cc(Br)c2cc(OC3CCCNC3)ccc12. The van der Waals surface area contributed by atoms with E-state index in [1.54, 1.807) is 6.20 Å². The van der Waals surface area contributed by atoms with Gasteiger partial charge in [-0.15, -0.1) is 0 Å². The van der Waals surface area contributed by atoms with Crippen molar-refractivity contribution in [2.75, 3.05) is 13.1 Å². The molecule has 0 radical (unpaired) electrons. The minimum absolute atomic E-state index is 0.0796. The number of hydrogen-bond acceptors (Lipinski definition) is 3. The number of piperidine rings is 1. The zero-order chi connectivity index (χ0) is 13.2. The van der Waals surface area contributed by atoms with Gasteiger partial charge in [-0.25, -0.2) is 0 Å². The van der Waals surface area contributed by atoms with Crippen molar-refractivity contribution in [2.45, 2.75) is 18.9 Å². The summed E-state index contributed by atoms with van der Waals surface area (Å²) in [5.41, 5.74) is -0.0796. The molecule has 19 heavy (non-hydrogen) atoms. The molecule has 2 aromatic rings. The molecule has 1 aliphatic rings. The van der Waals surface area contributed by atoms with Crippen molar-refractivity contribution in [3.8, 4) is 5.75 Å². The van der Waals surface area contributed by atoms with E-state index >= 15 is 0 Å². The van der Waals surface area contributed by atoms with Gasteiger partial charge < -0.3 is 15.0 Å². The largest absolute Gasteiger partial charge is 0.489 e. The maximum atomic E-state index is 11.7. The van der Waals surface area contributed by atoms with Crippen molar-refractivity contribution in [2.24, 2.45) is 0 Å². The third-order valence-corrected chi connectivity index (χ3v) is 4.03. The number of fused-ring (bicyclic) bond motifs is 1. The van der Waals surface area contributed by atoms with Gasteiger partial charge in [-0.2, -0.15) is 0 Å². The predicted molar refractivity (Wildman–Crippen MR) is 78.8 cm³/mol. The second-order valence-corrected chi connectivity index (χ2v) is 5.61. The molecule has 4 nitrogen and oxygen atoms in total. The van der Waals surface area contributed by atoms with Gasteiger partial charge in [-0.3, -0.25) is 4.79 Å². The van der Waals surface area contributed by atoms with Crippen molar-refractivity contribution < 1.29 is 4.74 Å². The van der Waals surface area contributed by atoms with E-state index < -0.39 is 0 Å². The van der Waals surface area contributed by atoms with Crippen LogP contribution < -0.4 is 15.6 Å². The fourth-order valence-electron chi connectivity index (χ4n) is 2.39. The lowest BCUT2D eigenvalue weighted by molar-refractivity contribution is 0.167. The molecule has 3 rings (SSSR count). The topological polar surface area (TPSA) is 54.1 Å². The normalized spacial score (nSPS) is 19.5. The summed E-state index contributed by atoms with van der Waals surface area (Å²) in [7, 11) is 0. The molecule has 1 unspecified atom stereocenters. The molecule has 0 spiro atoms. The third-order valence-electron chi connectivity index (χ3n) is 3.38. The summed E-state index contributed by atoms with van der Waals surface area (Å²) in [5, 5.41) is 4.87. The van der Waals surface area contributed by atoms with Crippen molar-refractivity contribution in [1.29, 1.82) is 0 Å². The molecule has 1 aromatic carbocycles. The van der Waals surface area contributed by atoms with Gasteiger partial charge in [0.2, 0.25) is 0 Å². The highest BCUT2D eigenvalue weighted by Gasteiger charge is 2.14. The van der Waals surface area contributed by atoms with Crippen molar-refractivity contribution in [3.63, 3.8) is 0 Å². The number of pyridine rings is 1. The maximum absolute atomic E-state index is 11.7. The van der Waals surface area contributed by atoms with Crippen LogP contribution in [0.2, 0.25) is 0 Å². The molecule has 1 atom stereocenters. The predicted octanol–water partition coefficient (Wildman–Crippen LogP) is 2.42. The molecular weight excluding hydrogens is 308 g/mol. The van der Waals surface area contributed by atoms with E-state index in [0.29, 0.717) is 5.39 Å². The second-order valence-electron chi connectivity index (χ2n) is 4.76. The lowest BCUT2D eigenvalue weighted by Gasteiger charge is -2.24. The third kappa shape index (κ3) is 2.67. The standard InChI is InChI=1S/C14H15BrN2O2/c15-13-8-17-14(18)11-4-3-9(6-12(11)13)19-10-2-1-5-16-7-10/h3-4,6,8,10,16H,1-2,5,7H2,(H,17,18). The summed E-state index contributed by atoms with van der Waals surface area (Å²) in [6, 6.07) is 5.59. The lowest BCUT2D eigenvalue weighted by Crippen LogP contribution is -2.37. The van der Waals surface area contributed by atoms with Gasteiger partial charge in [0, 0.05) is 28.0 Å². The summed E-state index contributed by atoms with van der Waals surface area (Å²) in [4.78, 5) is 14.4. The molecule has 1 fully saturated rings. The van der Waals surface area contributed by atoms with Crippen molar-refractivity contribution in [3.05, 3.63) is 39.2 Å². The molecule has 2 heterocycles. The van der Waals surface area contributed by atoms with E-state index in [2.05, 4.69) is 26.2 Å². The van der Waals surface area contributed by atoms with Crippen LogP contribution in [0, 0.1) is 0 Å². The number of nitrogens with one attached hydrogen (secondary N) is 2. The number of ether oxygens (including phenoxy) is 1. The van der Waals surface area contributed by atoms with Crippen LogP contribution in [0.5, 0.6) is 5.75 Å². The highest BCUT2D eigenvalue weighted by Crippen LogP contribution is 2.26. The molecular formula is C14H15BrN2O2. The van der Waals surface area contributed by atoms with Gasteiger partial charge in [0.15, 0.2) is 0 Å². The molecule has 100 valence electrons. The zero-order valence-corrected chi connectivity index (χ0v) is 12.0. The van der Waals surface area contributed by atoms with Gasteiger partial charge >= 0.3 is 0 Å². The zero-order valence-electron chi connectivity index (χ0n) is 10.4. The van der Waals surface area contributed by atoms with Gasteiger partial charge in [-0.1, -0.05) is 0 Å². The molecule has 1 saturated heterocycles. The number of halogens is 1. The number of benzene rings is 1. The van der Waals surface area contributed by atoms with Gasteiger partial charge in [-0.05, 0) is 53.5 Å². The first-order valence-electron chi connectivity index (χ1n) is 6.42. The van der Waals surface area contributed by atoms with Crippen LogP contribution in [-0.4, -0.2) is 24.2 Å². The molecule has 2 N–H and O–H groups in total. The maximum Gasteiger partial charge on any atom is 0.255 e. The Hall–Kier alpha value is -1.33. The summed E-state index contributed by atoms with van der Waals surface area (Å²) >= 11 is 3.45. The van der Waals surface area contributed by atoms with Crippen molar-refractivity contribution in [1.82, 2.24) is 10.3 Å². The Labute approximate surface area is 119 Å². The Balaban J connectivity index is 1.92. The van der Waals surface area contributed by atoms with E-state index in [9.17, 15) is 4.79 Å². The first-order chi connectivity index (χ1) is 9.24. The number of rotatable bonds is 2. The molecule has 1 aromatic heterocycles. The quantitative estimate of drug-likeness (QED) is 0.892. The van der Waals surface area contributed by atoms with E-state index in [1.165, 1.54) is 0 Å². The summed E-state index contributed by atoms with van der Waals surface area (Å²) in [5.74, 6) is 0.813. The lowest BCUT2D eigenvalue weighted by atomic mass is 10.1. The first-order valence-corrected chi connectivity index (χ1v) is 7.21. The first kappa shape index (κ1) is 12.7. The van der Waals surface area contributed by atoms with Crippen LogP contribution in [0.4, 0.5) is 0 Å². The van der Waals surface area contributed by atoms with Crippen LogP contribution >= 0.6 is 15.9 Å². The minimum Gasteiger partial charge on any atom is -0.489 e. The Morgan fingerprint density at radius 1 is 1.32 bits per heavy atom. The molecule has 0 aliphatic carbocycles. The van der Waals surface area contributed by atoms with Crippen LogP contribution in [0.3, 0.4) is 0 Å². The summed E-state index contributed by atoms with van der Waals surface area (Å²) in [6.45, 7) is 1.95. The molecule has 0 saturated carbocycles.